The maximum atomic E-state index is 12.8. The van der Waals surface area contributed by atoms with Gasteiger partial charge in [0.2, 0.25) is 15.9 Å². The molecule has 0 spiro atoms. The van der Waals surface area contributed by atoms with Gasteiger partial charge >= 0.3 is 6.03 Å². The second kappa shape index (κ2) is 10.1. The van der Waals surface area contributed by atoms with Crippen molar-refractivity contribution in [1.82, 2.24) is 19.8 Å². The van der Waals surface area contributed by atoms with Gasteiger partial charge in [-0.3, -0.25) is 15.0 Å². The fraction of sp³-hybridized carbons (Fsp3) is 0.600. The standard InChI is InChI=1S/C20H29ClN4O4S/c1-15(19(26)23-20(27)22-17-7-3-2-4-8-17)24-10-12-25(13-11-24)30(28,29)18-9-5-6-16(21)14-18/h5-6,9,14-15,17H,2-4,7-8,10-13H2,1H3,(H2,22,23,26,27). The normalized spacial score (nSPS) is 20.5. The van der Waals surface area contributed by atoms with E-state index in [-0.39, 0.29) is 29.9 Å². The number of carbonyl (C=O) groups excluding carboxylic acids is 2. The molecule has 0 aromatic heterocycles. The van der Waals surface area contributed by atoms with Crippen LogP contribution in [0, 0.1) is 0 Å². The number of sulfonamides is 1. The second-order valence-corrected chi connectivity index (χ2v) is 10.2. The Morgan fingerprint density at radius 1 is 1.10 bits per heavy atom. The number of amides is 3. The SMILES string of the molecule is CC(C(=O)NC(=O)NC1CCCCC1)N1CCN(S(=O)(=O)c2cccc(Cl)c2)CC1. The van der Waals surface area contributed by atoms with E-state index in [2.05, 4.69) is 10.6 Å². The lowest BCUT2D eigenvalue weighted by molar-refractivity contribution is -0.125. The minimum atomic E-state index is -3.63. The van der Waals surface area contributed by atoms with Crippen LogP contribution >= 0.6 is 11.6 Å². The predicted octanol–water partition coefficient (Wildman–Crippen LogP) is 2.19. The molecule has 1 heterocycles. The molecule has 1 aliphatic heterocycles. The molecule has 1 atom stereocenters. The van der Waals surface area contributed by atoms with Gasteiger partial charge < -0.3 is 5.32 Å². The van der Waals surface area contributed by atoms with E-state index in [1.165, 1.54) is 22.9 Å². The Labute approximate surface area is 183 Å². The molecule has 1 unspecified atom stereocenters. The molecule has 0 bridgehead atoms. The van der Waals surface area contributed by atoms with E-state index in [0.29, 0.717) is 18.1 Å². The Balaban J connectivity index is 1.50. The first-order valence-corrected chi connectivity index (χ1v) is 12.2. The zero-order chi connectivity index (χ0) is 21.7. The van der Waals surface area contributed by atoms with Crippen LogP contribution in [0.1, 0.15) is 39.0 Å². The van der Waals surface area contributed by atoms with Gasteiger partial charge in [0.1, 0.15) is 0 Å². The number of piperazine rings is 1. The van der Waals surface area contributed by atoms with Crippen LogP contribution in [0.3, 0.4) is 0 Å². The van der Waals surface area contributed by atoms with Crippen LogP contribution in [0.15, 0.2) is 29.2 Å². The number of urea groups is 1. The van der Waals surface area contributed by atoms with E-state index in [9.17, 15) is 18.0 Å². The quantitative estimate of drug-likeness (QED) is 0.707. The number of hydrogen-bond acceptors (Lipinski definition) is 5. The molecule has 8 nitrogen and oxygen atoms in total. The van der Waals surface area contributed by atoms with Crippen molar-refractivity contribution >= 4 is 33.6 Å². The van der Waals surface area contributed by atoms with E-state index < -0.39 is 22.1 Å². The van der Waals surface area contributed by atoms with Gasteiger partial charge in [0, 0.05) is 37.2 Å². The van der Waals surface area contributed by atoms with E-state index in [4.69, 9.17) is 11.6 Å². The van der Waals surface area contributed by atoms with Crippen molar-refractivity contribution < 1.29 is 18.0 Å². The highest BCUT2D eigenvalue weighted by atomic mass is 35.5. The summed E-state index contributed by atoms with van der Waals surface area (Å²) >= 11 is 5.92. The molecular weight excluding hydrogens is 428 g/mol. The Morgan fingerprint density at radius 2 is 1.77 bits per heavy atom. The first kappa shape index (κ1) is 23.0. The van der Waals surface area contributed by atoms with Gasteiger partial charge in [-0.25, -0.2) is 13.2 Å². The summed E-state index contributed by atoms with van der Waals surface area (Å²) in [5.74, 6) is -0.380. The van der Waals surface area contributed by atoms with Crippen molar-refractivity contribution in [3.63, 3.8) is 0 Å². The zero-order valence-corrected chi connectivity index (χ0v) is 18.7. The van der Waals surface area contributed by atoms with Crippen molar-refractivity contribution in [2.45, 2.75) is 56.0 Å². The third kappa shape index (κ3) is 5.72. The van der Waals surface area contributed by atoms with Crippen molar-refractivity contribution in [3.8, 4) is 0 Å². The third-order valence-electron chi connectivity index (χ3n) is 5.81. The number of carbonyl (C=O) groups is 2. The highest BCUT2D eigenvalue weighted by Gasteiger charge is 2.32. The number of nitrogens with one attached hydrogen (secondary N) is 2. The maximum Gasteiger partial charge on any atom is 0.321 e. The number of imide groups is 1. The first-order valence-electron chi connectivity index (χ1n) is 10.4. The summed E-state index contributed by atoms with van der Waals surface area (Å²) in [6.45, 7) is 3.06. The van der Waals surface area contributed by atoms with Crippen molar-refractivity contribution in [2.75, 3.05) is 26.2 Å². The van der Waals surface area contributed by atoms with Gasteiger partial charge in [-0.2, -0.15) is 4.31 Å². The van der Waals surface area contributed by atoms with Crippen LogP contribution in [0.4, 0.5) is 4.79 Å². The molecule has 30 heavy (non-hydrogen) atoms. The lowest BCUT2D eigenvalue weighted by Gasteiger charge is -2.36. The van der Waals surface area contributed by atoms with Crippen LogP contribution in [0.2, 0.25) is 5.02 Å². The number of hydrogen-bond donors (Lipinski definition) is 2. The number of rotatable bonds is 5. The summed E-state index contributed by atoms with van der Waals surface area (Å²) < 4.78 is 27.0. The van der Waals surface area contributed by atoms with Crippen LogP contribution in [0.5, 0.6) is 0 Å². The van der Waals surface area contributed by atoms with Crippen molar-refractivity contribution in [2.24, 2.45) is 0 Å². The summed E-state index contributed by atoms with van der Waals surface area (Å²) in [4.78, 5) is 26.6. The summed E-state index contributed by atoms with van der Waals surface area (Å²) in [5.41, 5.74) is 0. The number of halogens is 1. The van der Waals surface area contributed by atoms with Crippen LogP contribution in [-0.4, -0.2) is 67.8 Å². The summed E-state index contributed by atoms with van der Waals surface area (Å²) in [5, 5.41) is 5.66. The zero-order valence-electron chi connectivity index (χ0n) is 17.1. The summed E-state index contributed by atoms with van der Waals surface area (Å²) in [6, 6.07) is 5.33. The largest absolute Gasteiger partial charge is 0.335 e. The Hall–Kier alpha value is -1.68. The fourth-order valence-corrected chi connectivity index (χ4v) is 5.68. The van der Waals surface area contributed by atoms with Gasteiger partial charge in [-0.05, 0) is 38.0 Å². The summed E-state index contributed by atoms with van der Waals surface area (Å²) in [6.07, 6.45) is 5.27. The Kier molecular flexibility index (Phi) is 7.73. The van der Waals surface area contributed by atoms with E-state index >= 15 is 0 Å². The minimum absolute atomic E-state index is 0.127. The molecule has 3 amide bonds. The van der Waals surface area contributed by atoms with Crippen LogP contribution < -0.4 is 10.6 Å². The van der Waals surface area contributed by atoms with Gasteiger partial charge in [0.25, 0.3) is 0 Å². The van der Waals surface area contributed by atoms with Crippen LogP contribution in [-0.2, 0) is 14.8 Å². The van der Waals surface area contributed by atoms with Gasteiger partial charge in [0.05, 0.1) is 10.9 Å². The second-order valence-electron chi connectivity index (χ2n) is 7.87. The average Bonchev–Trinajstić information content (AvgIpc) is 2.74. The molecule has 2 aliphatic rings. The third-order valence-corrected chi connectivity index (χ3v) is 7.94. The van der Waals surface area contributed by atoms with E-state index in [0.717, 1.165) is 25.7 Å². The smallest absolute Gasteiger partial charge is 0.321 e. The molecule has 0 radical (unpaired) electrons. The molecule has 2 fully saturated rings. The molecule has 2 N–H and O–H groups in total. The van der Waals surface area contributed by atoms with Crippen molar-refractivity contribution in [1.29, 1.82) is 0 Å². The molecule has 1 saturated carbocycles. The molecule has 1 saturated heterocycles. The molecule has 10 heteroatoms. The monoisotopic (exact) mass is 456 g/mol. The molecule has 1 aromatic carbocycles. The predicted molar refractivity (Wildman–Crippen MR) is 115 cm³/mol. The van der Waals surface area contributed by atoms with Crippen LogP contribution in [0.25, 0.3) is 0 Å². The molecule has 3 rings (SSSR count). The summed E-state index contributed by atoms with van der Waals surface area (Å²) in [7, 11) is -3.63. The number of benzene rings is 1. The van der Waals surface area contributed by atoms with Gasteiger partial charge in [-0.1, -0.05) is 36.9 Å². The van der Waals surface area contributed by atoms with Gasteiger partial charge in [-0.15, -0.1) is 0 Å². The fourth-order valence-electron chi connectivity index (χ4n) is 3.96. The average molecular weight is 457 g/mol. The van der Waals surface area contributed by atoms with Gasteiger partial charge in [0.15, 0.2) is 0 Å². The lowest BCUT2D eigenvalue weighted by atomic mass is 9.96. The van der Waals surface area contributed by atoms with E-state index in [1.54, 1.807) is 19.1 Å². The highest BCUT2D eigenvalue weighted by molar-refractivity contribution is 7.89. The highest BCUT2D eigenvalue weighted by Crippen LogP contribution is 2.21. The van der Waals surface area contributed by atoms with Crippen molar-refractivity contribution in [3.05, 3.63) is 29.3 Å². The molecule has 1 aromatic rings. The Bertz CT molecular complexity index is 865. The molecule has 1 aliphatic carbocycles. The maximum absolute atomic E-state index is 12.8. The topological polar surface area (TPSA) is 98.8 Å². The first-order chi connectivity index (χ1) is 14.3. The molecular formula is C20H29ClN4O4S. The van der Waals surface area contributed by atoms with E-state index in [1.807, 2.05) is 4.90 Å². The lowest BCUT2D eigenvalue weighted by Crippen LogP contribution is -2.56. The molecule has 166 valence electrons. The minimum Gasteiger partial charge on any atom is -0.335 e. The Morgan fingerprint density at radius 3 is 2.40 bits per heavy atom. The number of nitrogens with zero attached hydrogens (tertiary/aromatic N) is 2.